The van der Waals surface area contributed by atoms with Crippen molar-refractivity contribution < 1.29 is 23.4 Å². The molecule has 0 spiro atoms. The van der Waals surface area contributed by atoms with Crippen molar-refractivity contribution in [3.05, 3.63) is 23.3 Å². The summed E-state index contributed by atoms with van der Waals surface area (Å²) in [4.78, 5) is 0. The summed E-state index contributed by atoms with van der Waals surface area (Å²) >= 11 is 0. The molecule has 0 aliphatic heterocycles. The largest absolute Gasteiger partial charge is 0.493 e. The molecule has 0 amide bonds. The minimum Gasteiger partial charge on any atom is -0.493 e. The van der Waals surface area contributed by atoms with Crippen LogP contribution in [0.2, 0.25) is 0 Å². The van der Waals surface area contributed by atoms with Gasteiger partial charge in [-0.15, -0.1) is 0 Å². The summed E-state index contributed by atoms with van der Waals surface area (Å²) in [6.07, 6.45) is -2.32. The van der Waals surface area contributed by atoms with E-state index < -0.39 is 6.43 Å². The van der Waals surface area contributed by atoms with E-state index in [4.69, 9.17) is 14.6 Å². The minimum absolute atomic E-state index is 0.133. The van der Waals surface area contributed by atoms with Crippen LogP contribution in [-0.4, -0.2) is 25.9 Å². The van der Waals surface area contributed by atoms with Crippen LogP contribution in [0, 0.1) is 0 Å². The highest BCUT2D eigenvalue weighted by Gasteiger charge is 2.16. The van der Waals surface area contributed by atoms with E-state index in [0.717, 1.165) is 0 Å². The van der Waals surface area contributed by atoms with Crippen molar-refractivity contribution in [1.82, 2.24) is 0 Å². The number of rotatable bonds is 5. The van der Waals surface area contributed by atoms with E-state index in [0.29, 0.717) is 11.3 Å². The van der Waals surface area contributed by atoms with Gasteiger partial charge in [-0.1, -0.05) is 0 Å². The molecule has 0 saturated heterocycles. The van der Waals surface area contributed by atoms with E-state index in [-0.39, 0.29) is 24.3 Å². The van der Waals surface area contributed by atoms with Crippen LogP contribution in [0.15, 0.2) is 12.1 Å². The molecule has 1 aromatic rings. The molecule has 0 bridgehead atoms. The van der Waals surface area contributed by atoms with Crippen LogP contribution in [0.4, 0.5) is 8.78 Å². The molecule has 0 unspecified atom stereocenters. The van der Waals surface area contributed by atoms with Gasteiger partial charge in [-0.2, -0.15) is 0 Å². The molecule has 16 heavy (non-hydrogen) atoms. The molecule has 1 N–H and O–H groups in total. The van der Waals surface area contributed by atoms with Crippen molar-refractivity contribution in [2.45, 2.75) is 12.8 Å². The minimum atomic E-state index is -2.57. The zero-order valence-corrected chi connectivity index (χ0v) is 9.17. The lowest BCUT2D eigenvalue weighted by atomic mass is 10.1. The van der Waals surface area contributed by atoms with Gasteiger partial charge in [0, 0.05) is 17.7 Å². The molecule has 5 heteroatoms. The topological polar surface area (TPSA) is 38.7 Å². The second-order valence-electron chi connectivity index (χ2n) is 3.19. The fourth-order valence-corrected chi connectivity index (χ4v) is 1.50. The van der Waals surface area contributed by atoms with Crippen LogP contribution in [0.1, 0.15) is 17.6 Å². The molecule has 0 fully saturated rings. The molecule has 1 rings (SSSR count). The molecule has 0 aliphatic carbocycles. The van der Waals surface area contributed by atoms with Crippen LogP contribution in [0.3, 0.4) is 0 Å². The average Bonchev–Trinajstić information content (AvgIpc) is 2.28. The van der Waals surface area contributed by atoms with Gasteiger partial charge >= 0.3 is 0 Å². The molecule has 0 aromatic heterocycles. The van der Waals surface area contributed by atoms with E-state index in [1.165, 1.54) is 26.4 Å². The molecular weight excluding hydrogens is 218 g/mol. The van der Waals surface area contributed by atoms with Crippen LogP contribution in [-0.2, 0) is 6.42 Å². The van der Waals surface area contributed by atoms with Gasteiger partial charge in [0.25, 0.3) is 6.43 Å². The first kappa shape index (κ1) is 12.7. The van der Waals surface area contributed by atoms with Gasteiger partial charge in [0.05, 0.1) is 14.2 Å². The number of hydrogen-bond donors (Lipinski definition) is 1. The summed E-state index contributed by atoms with van der Waals surface area (Å²) in [7, 11) is 2.82. The molecule has 0 heterocycles. The van der Waals surface area contributed by atoms with Crippen LogP contribution >= 0.6 is 0 Å². The van der Waals surface area contributed by atoms with Gasteiger partial charge < -0.3 is 14.6 Å². The fourth-order valence-electron chi connectivity index (χ4n) is 1.50. The van der Waals surface area contributed by atoms with Gasteiger partial charge in [0.2, 0.25) is 0 Å². The summed E-state index contributed by atoms with van der Waals surface area (Å²) in [6, 6.07) is 2.56. The normalized spacial score (nSPS) is 10.6. The van der Waals surface area contributed by atoms with E-state index in [9.17, 15) is 8.78 Å². The zero-order chi connectivity index (χ0) is 12.1. The highest BCUT2D eigenvalue weighted by Crippen LogP contribution is 2.35. The maximum atomic E-state index is 12.6. The van der Waals surface area contributed by atoms with Crippen LogP contribution in [0.25, 0.3) is 0 Å². The van der Waals surface area contributed by atoms with E-state index in [1.54, 1.807) is 0 Å². The number of halogens is 2. The van der Waals surface area contributed by atoms with Gasteiger partial charge in [-0.3, -0.25) is 0 Å². The molecule has 1 aromatic carbocycles. The van der Waals surface area contributed by atoms with E-state index in [1.807, 2.05) is 0 Å². The number of hydrogen-bond acceptors (Lipinski definition) is 3. The molecule has 0 aliphatic rings. The summed E-state index contributed by atoms with van der Waals surface area (Å²) in [6.45, 7) is -0.133. The van der Waals surface area contributed by atoms with Gasteiger partial charge in [-0.05, 0) is 18.6 Å². The Labute approximate surface area is 92.6 Å². The lowest BCUT2D eigenvalue weighted by Crippen LogP contribution is -2.01. The molecule has 0 atom stereocenters. The quantitative estimate of drug-likeness (QED) is 0.845. The van der Waals surface area contributed by atoms with Crippen molar-refractivity contribution in [2.24, 2.45) is 0 Å². The number of aliphatic hydroxyl groups is 1. The van der Waals surface area contributed by atoms with Crippen molar-refractivity contribution in [1.29, 1.82) is 0 Å². The summed E-state index contributed by atoms with van der Waals surface area (Å²) in [5.41, 5.74) is 0.376. The molecule has 0 radical (unpaired) electrons. The SMILES string of the molecule is COc1cc(C(F)F)cc(CCO)c1OC. The van der Waals surface area contributed by atoms with E-state index in [2.05, 4.69) is 0 Å². The number of alkyl halides is 2. The fraction of sp³-hybridized carbons (Fsp3) is 0.455. The van der Waals surface area contributed by atoms with Crippen LogP contribution < -0.4 is 9.47 Å². The van der Waals surface area contributed by atoms with Crippen LogP contribution in [0.5, 0.6) is 11.5 Å². The number of methoxy groups -OCH3 is 2. The van der Waals surface area contributed by atoms with E-state index >= 15 is 0 Å². The lowest BCUT2D eigenvalue weighted by Gasteiger charge is -2.14. The average molecular weight is 232 g/mol. The Morgan fingerprint density at radius 3 is 2.38 bits per heavy atom. The number of benzene rings is 1. The molecule has 3 nitrogen and oxygen atoms in total. The number of ether oxygens (including phenoxy) is 2. The zero-order valence-electron chi connectivity index (χ0n) is 9.17. The third-order valence-corrected chi connectivity index (χ3v) is 2.21. The summed E-state index contributed by atoms with van der Waals surface area (Å²) < 4.78 is 35.2. The lowest BCUT2D eigenvalue weighted by molar-refractivity contribution is 0.150. The van der Waals surface area contributed by atoms with Crippen molar-refractivity contribution >= 4 is 0 Å². The Morgan fingerprint density at radius 1 is 1.25 bits per heavy atom. The molecular formula is C11H14F2O3. The smallest absolute Gasteiger partial charge is 0.263 e. The Kier molecular flexibility index (Phi) is 4.49. The van der Waals surface area contributed by atoms with Crippen molar-refractivity contribution in [3.63, 3.8) is 0 Å². The van der Waals surface area contributed by atoms with Crippen molar-refractivity contribution in [2.75, 3.05) is 20.8 Å². The highest BCUT2D eigenvalue weighted by atomic mass is 19.3. The highest BCUT2D eigenvalue weighted by molar-refractivity contribution is 5.50. The van der Waals surface area contributed by atoms with Gasteiger partial charge in [0.1, 0.15) is 0 Å². The van der Waals surface area contributed by atoms with Crippen molar-refractivity contribution in [3.8, 4) is 11.5 Å². The summed E-state index contributed by atoms with van der Waals surface area (Å²) in [5, 5.41) is 8.85. The van der Waals surface area contributed by atoms with Gasteiger partial charge in [0.15, 0.2) is 11.5 Å². The Hall–Kier alpha value is -1.36. The third kappa shape index (κ3) is 2.61. The Balaban J connectivity index is 3.25. The number of aliphatic hydroxyl groups excluding tert-OH is 1. The third-order valence-electron chi connectivity index (χ3n) is 2.21. The Morgan fingerprint density at radius 2 is 1.94 bits per heavy atom. The first-order chi connectivity index (χ1) is 7.63. The maximum absolute atomic E-state index is 12.6. The second-order valence-corrected chi connectivity index (χ2v) is 3.19. The maximum Gasteiger partial charge on any atom is 0.263 e. The first-order valence-corrected chi connectivity index (χ1v) is 4.77. The predicted octanol–water partition coefficient (Wildman–Crippen LogP) is 2.18. The molecule has 0 saturated carbocycles. The Bertz CT molecular complexity index is 353. The molecule has 90 valence electrons. The second kappa shape index (κ2) is 5.65. The standard InChI is InChI=1S/C11H14F2O3/c1-15-9-6-8(11(12)13)5-7(3-4-14)10(9)16-2/h5-6,11,14H,3-4H2,1-2H3. The first-order valence-electron chi connectivity index (χ1n) is 4.77. The van der Waals surface area contributed by atoms with Gasteiger partial charge in [-0.25, -0.2) is 8.78 Å². The summed E-state index contributed by atoms with van der Waals surface area (Å²) in [5.74, 6) is 0.643. The monoisotopic (exact) mass is 232 g/mol. The predicted molar refractivity (Wildman–Crippen MR) is 55.3 cm³/mol.